The molecule has 1 aromatic rings. The molecule has 1 fully saturated rings. The minimum Gasteiger partial charge on any atom is -0.504 e. The van der Waals surface area contributed by atoms with E-state index in [4.69, 9.17) is 9.47 Å². The molecule has 23 heavy (non-hydrogen) atoms. The molecule has 1 saturated heterocycles. The van der Waals surface area contributed by atoms with E-state index < -0.39 is 23.7 Å². The van der Waals surface area contributed by atoms with E-state index in [1.54, 1.807) is 25.1 Å². The topological polar surface area (TPSA) is 93.1 Å². The molecule has 7 nitrogen and oxygen atoms in total. The maximum absolute atomic E-state index is 12.2. The average molecular weight is 337 g/mol. The van der Waals surface area contributed by atoms with Crippen LogP contribution in [0.4, 0.5) is 4.79 Å². The first-order chi connectivity index (χ1) is 11.0. The Morgan fingerprint density at radius 1 is 1.39 bits per heavy atom. The van der Waals surface area contributed by atoms with Gasteiger partial charge in [-0.15, -0.1) is 0 Å². The summed E-state index contributed by atoms with van der Waals surface area (Å²) < 4.78 is 9.72. The zero-order chi connectivity index (χ0) is 17.0. The highest BCUT2D eigenvalue weighted by atomic mass is 32.2. The van der Waals surface area contributed by atoms with Gasteiger partial charge in [-0.3, -0.25) is 19.3 Å². The number of ether oxygens (including phenoxy) is 2. The van der Waals surface area contributed by atoms with Crippen molar-refractivity contribution in [1.82, 2.24) is 4.90 Å². The minimum atomic E-state index is -0.653. The molecular formula is C15H15NO6S. The Morgan fingerprint density at radius 2 is 2.13 bits per heavy atom. The highest BCUT2D eigenvalue weighted by Gasteiger charge is 2.36. The smallest absolute Gasteiger partial charge is 0.326 e. The summed E-state index contributed by atoms with van der Waals surface area (Å²) in [6, 6.07) is 4.80. The third-order valence-corrected chi connectivity index (χ3v) is 3.91. The van der Waals surface area contributed by atoms with Crippen LogP contribution in [0.25, 0.3) is 6.08 Å². The second-order valence-electron chi connectivity index (χ2n) is 4.47. The minimum absolute atomic E-state index is 0.114. The van der Waals surface area contributed by atoms with Crippen molar-refractivity contribution in [2.24, 2.45) is 0 Å². The Labute approximate surface area is 136 Å². The number of thioether (sulfide) groups is 1. The number of carbonyl (C=O) groups is 3. The number of aromatic hydroxyl groups is 1. The largest absolute Gasteiger partial charge is 0.504 e. The number of nitrogens with zero attached hydrogens (tertiary/aromatic N) is 1. The number of hydrogen-bond acceptors (Lipinski definition) is 7. The van der Waals surface area contributed by atoms with Crippen LogP contribution in [0.15, 0.2) is 23.1 Å². The summed E-state index contributed by atoms with van der Waals surface area (Å²) >= 11 is 0.698. The van der Waals surface area contributed by atoms with Gasteiger partial charge < -0.3 is 14.6 Å². The molecule has 0 spiro atoms. The molecule has 0 saturated carbocycles. The normalized spacial score (nSPS) is 16.1. The molecule has 1 aliphatic heterocycles. The second-order valence-corrected chi connectivity index (χ2v) is 5.46. The Balaban J connectivity index is 2.24. The number of para-hydroxylation sites is 1. The summed E-state index contributed by atoms with van der Waals surface area (Å²) in [5.74, 6) is -1.13. The van der Waals surface area contributed by atoms with Gasteiger partial charge in [-0.1, -0.05) is 12.1 Å². The molecule has 0 unspecified atom stereocenters. The van der Waals surface area contributed by atoms with Crippen LogP contribution < -0.4 is 4.74 Å². The number of carbonyl (C=O) groups excluding carboxylic acids is 3. The van der Waals surface area contributed by atoms with Crippen molar-refractivity contribution in [1.29, 1.82) is 0 Å². The third kappa shape index (κ3) is 3.65. The van der Waals surface area contributed by atoms with E-state index in [1.165, 1.54) is 13.2 Å². The molecule has 8 heteroatoms. The zero-order valence-electron chi connectivity index (χ0n) is 12.6. The van der Waals surface area contributed by atoms with E-state index in [2.05, 4.69) is 0 Å². The van der Waals surface area contributed by atoms with Crippen molar-refractivity contribution in [3.8, 4) is 11.5 Å². The Morgan fingerprint density at radius 3 is 2.78 bits per heavy atom. The monoisotopic (exact) mass is 337 g/mol. The standard InChI is InChI=1S/C15H15NO6S/c1-3-22-12(17)8-16-14(19)11(23-15(16)20)7-9-5-4-6-10(21-2)13(9)18/h4-7,18H,3,8H2,1-2H3/b11-7+. The molecule has 1 heterocycles. The fourth-order valence-corrected chi connectivity index (χ4v) is 2.76. The van der Waals surface area contributed by atoms with Gasteiger partial charge in [0.25, 0.3) is 11.1 Å². The average Bonchev–Trinajstić information content (AvgIpc) is 2.77. The van der Waals surface area contributed by atoms with E-state index in [0.29, 0.717) is 17.3 Å². The number of hydrogen-bond donors (Lipinski definition) is 1. The lowest BCUT2D eigenvalue weighted by molar-refractivity contribution is -0.145. The van der Waals surface area contributed by atoms with Crippen molar-refractivity contribution in [2.45, 2.75) is 6.92 Å². The zero-order valence-corrected chi connectivity index (χ0v) is 13.4. The van der Waals surface area contributed by atoms with Crippen molar-refractivity contribution >= 4 is 35.0 Å². The van der Waals surface area contributed by atoms with Crippen LogP contribution in [0.1, 0.15) is 12.5 Å². The van der Waals surface area contributed by atoms with Crippen LogP contribution in [-0.2, 0) is 14.3 Å². The van der Waals surface area contributed by atoms with E-state index in [1.807, 2.05) is 0 Å². The summed E-state index contributed by atoms with van der Waals surface area (Å²) in [5, 5.41) is 9.46. The summed E-state index contributed by atoms with van der Waals surface area (Å²) in [7, 11) is 1.41. The molecule has 0 aromatic heterocycles. The first-order valence-corrected chi connectivity index (χ1v) is 7.56. The van der Waals surface area contributed by atoms with Gasteiger partial charge in [0, 0.05) is 5.56 Å². The van der Waals surface area contributed by atoms with Crippen molar-refractivity contribution in [2.75, 3.05) is 20.3 Å². The van der Waals surface area contributed by atoms with Crippen molar-refractivity contribution < 1.29 is 29.0 Å². The molecule has 1 aliphatic rings. The number of imide groups is 1. The first-order valence-electron chi connectivity index (χ1n) is 6.74. The summed E-state index contributed by atoms with van der Waals surface area (Å²) in [5.41, 5.74) is 0.339. The van der Waals surface area contributed by atoms with Gasteiger partial charge in [0.15, 0.2) is 11.5 Å². The van der Waals surface area contributed by atoms with E-state index in [9.17, 15) is 19.5 Å². The van der Waals surface area contributed by atoms with Gasteiger partial charge in [-0.2, -0.15) is 0 Å². The molecule has 1 N–H and O–H groups in total. The summed E-state index contributed by atoms with van der Waals surface area (Å²) in [4.78, 5) is 36.5. The van der Waals surface area contributed by atoms with Crippen LogP contribution in [0, 0.1) is 0 Å². The molecule has 0 bridgehead atoms. The molecule has 1 aromatic carbocycles. The van der Waals surface area contributed by atoms with Crippen LogP contribution in [0.3, 0.4) is 0 Å². The molecule has 2 rings (SSSR count). The van der Waals surface area contributed by atoms with Crippen LogP contribution in [0.2, 0.25) is 0 Å². The van der Waals surface area contributed by atoms with Gasteiger partial charge >= 0.3 is 5.97 Å². The molecule has 0 radical (unpaired) electrons. The number of rotatable bonds is 5. The SMILES string of the molecule is CCOC(=O)CN1C(=O)S/C(=C/c2cccc(OC)c2O)C1=O. The molecule has 2 amide bonds. The summed E-state index contributed by atoms with van der Waals surface area (Å²) in [6.45, 7) is 1.37. The van der Waals surface area contributed by atoms with E-state index in [0.717, 1.165) is 4.90 Å². The van der Waals surface area contributed by atoms with Crippen LogP contribution in [0.5, 0.6) is 11.5 Å². The van der Waals surface area contributed by atoms with Gasteiger partial charge in [0.2, 0.25) is 0 Å². The fourth-order valence-electron chi connectivity index (χ4n) is 1.93. The number of phenols is 1. The van der Waals surface area contributed by atoms with E-state index in [-0.39, 0.29) is 23.0 Å². The Bertz CT molecular complexity index is 685. The number of methoxy groups -OCH3 is 1. The predicted molar refractivity (Wildman–Crippen MR) is 84.0 cm³/mol. The lowest BCUT2D eigenvalue weighted by Crippen LogP contribution is -2.34. The van der Waals surface area contributed by atoms with Crippen LogP contribution >= 0.6 is 11.8 Å². The molecule has 0 aliphatic carbocycles. The maximum Gasteiger partial charge on any atom is 0.326 e. The summed E-state index contributed by atoms with van der Waals surface area (Å²) in [6.07, 6.45) is 1.38. The fraction of sp³-hybridized carbons (Fsp3) is 0.267. The maximum atomic E-state index is 12.2. The number of esters is 1. The van der Waals surface area contributed by atoms with Gasteiger partial charge in [-0.05, 0) is 30.8 Å². The van der Waals surface area contributed by atoms with Gasteiger partial charge in [0.05, 0.1) is 18.6 Å². The lowest BCUT2D eigenvalue weighted by atomic mass is 10.1. The highest BCUT2D eigenvalue weighted by molar-refractivity contribution is 8.18. The molecule has 122 valence electrons. The first kappa shape index (κ1) is 16.9. The number of phenolic OH excluding ortho intramolecular Hbond substituents is 1. The predicted octanol–water partition coefficient (Wildman–Crippen LogP) is 2.00. The Kier molecular flexibility index (Phi) is 5.28. The van der Waals surface area contributed by atoms with Gasteiger partial charge in [-0.25, -0.2) is 0 Å². The molecular weight excluding hydrogens is 322 g/mol. The number of amides is 2. The quantitative estimate of drug-likeness (QED) is 0.649. The third-order valence-electron chi connectivity index (χ3n) is 3.00. The van der Waals surface area contributed by atoms with E-state index >= 15 is 0 Å². The van der Waals surface area contributed by atoms with Crippen molar-refractivity contribution in [3.05, 3.63) is 28.7 Å². The van der Waals surface area contributed by atoms with Crippen LogP contribution in [-0.4, -0.2) is 47.4 Å². The lowest BCUT2D eigenvalue weighted by Gasteiger charge is -2.10. The second kappa shape index (κ2) is 7.19. The highest BCUT2D eigenvalue weighted by Crippen LogP contribution is 2.36. The molecule has 0 atom stereocenters. The number of benzene rings is 1. The van der Waals surface area contributed by atoms with Gasteiger partial charge in [0.1, 0.15) is 6.54 Å². The van der Waals surface area contributed by atoms with Crippen molar-refractivity contribution in [3.63, 3.8) is 0 Å². The Hall–Kier alpha value is -2.48.